The molecule has 0 saturated heterocycles. The number of rotatable bonds is 4. The summed E-state index contributed by atoms with van der Waals surface area (Å²) in [4.78, 5) is 0. The lowest BCUT2D eigenvalue weighted by Crippen LogP contribution is -1.91. The van der Waals surface area contributed by atoms with Crippen molar-refractivity contribution in [1.29, 1.82) is 0 Å². The van der Waals surface area contributed by atoms with Gasteiger partial charge in [-0.1, -0.05) is 35.9 Å². The van der Waals surface area contributed by atoms with Gasteiger partial charge in [-0.05, 0) is 45.1 Å². The van der Waals surface area contributed by atoms with E-state index in [1.165, 1.54) is 5.56 Å². The summed E-state index contributed by atoms with van der Waals surface area (Å²) in [5.41, 5.74) is 1.23. The minimum absolute atomic E-state index is 0.837. The fraction of sp³-hybridized carbons (Fsp3) is 0.200. The van der Waals surface area contributed by atoms with E-state index in [9.17, 15) is 0 Å². The monoisotopic (exact) mass is 214 g/mol. The second-order valence-electron chi connectivity index (χ2n) is 3.51. The minimum Gasteiger partial charge on any atom is -0.457 e. The van der Waals surface area contributed by atoms with Crippen molar-refractivity contribution in [1.82, 2.24) is 0 Å². The van der Waals surface area contributed by atoms with Crippen LogP contribution >= 0.6 is 0 Å². The molecule has 1 aromatic carbocycles. The van der Waals surface area contributed by atoms with Gasteiger partial charge in [0, 0.05) is 0 Å². The maximum absolute atomic E-state index is 5.74. The zero-order chi connectivity index (χ0) is 11.8. The van der Waals surface area contributed by atoms with E-state index in [2.05, 4.69) is 6.92 Å². The molecular weight excluding hydrogens is 196 g/mol. The first-order valence-corrected chi connectivity index (χ1v) is 5.46. The van der Waals surface area contributed by atoms with Crippen LogP contribution in [-0.2, 0) is 0 Å². The van der Waals surface area contributed by atoms with Crippen molar-refractivity contribution in [3.05, 3.63) is 66.0 Å². The molecule has 0 aliphatic rings. The quantitative estimate of drug-likeness (QED) is 0.533. The fourth-order valence-electron chi connectivity index (χ4n) is 1.22. The zero-order valence-electron chi connectivity index (χ0n) is 10.1. The second kappa shape index (κ2) is 6.67. The standard InChI is InChI=1S/C15H18O/c1-4-6-8-14(7-5-2)16-15-11-9-13(3)10-12-15/h4-12H,1-3H3/b6-4+,7-5+,14-8+. The zero-order valence-corrected chi connectivity index (χ0v) is 10.1. The summed E-state index contributed by atoms with van der Waals surface area (Å²) in [6, 6.07) is 8.03. The minimum atomic E-state index is 0.837. The molecule has 0 unspecified atom stereocenters. The van der Waals surface area contributed by atoms with Gasteiger partial charge < -0.3 is 4.74 Å². The van der Waals surface area contributed by atoms with E-state index in [0.29, 0.717) is 0 Å². The van der Waals surface area contributed by atoms with Crippen molar-refractivity contribution in [2.75, 3.05) is 0 Å². The molecule has 1 heteroatoms. The summed E-state index contributed by atoms with van der Waals surface area (Å²) in [5.74, 6) is 1.70. The lowest BCUT2D eigenvalue weighted by atomic mass is 10.2. The molecule has 0 radical (unpaired) electrons. The average molecular weight is 214 g/mol. The number of allylic oxidation sites excluding steroid dienone is 5. The predicted octanol–water partition coefficient (Wildman–Crippen LogP) is 4.41. The van der Waals surface area contributed by atoms with Crippen LogP contribution in [0.5, 0.6) is 5.75 Å². The molecule has 0 spiro atoms. The Balaban J connectivity index is 2.79. The molecule has 0 N–H and O–H groups in total. The summed E-state index contributed by atoms with van der Waals surface area (Å²) in [7, 11) is 0. The molecule has 0 heterocycles. The van der Waals surface area contributed by atoms with Gasteiger partial charge in [-0.15, -0.1) is 0 Å². The number of hydrogen-bond acceptors (Lipinski definition) is 1. The summed E-state index contributed by atoms with van der Waals surface area (Å²) in [5, 5.41) is 0. The Hall–Kier alpha value is -1.76. The first kappa shape index (κ1) is 12.3. The maximum Gasteiger partial charge on any atom is 0.127 e. The highest BCUT2D eigenvalue weighted by Gasteiger charge is 1.95. The third-order valence-corrected chi connectivity index (χ3v) is 2.04. The van der Waals surface area contributed by atoms with E-state index in [1.807, 2.05) is 68.5 Å². The Morgan fingerprint density at radius 1 is 1.06 bits per heavy atom. The van der Waals surface area contributed by atoms with E-state index in [4.69, 9.17) is 4.74 Å². The van der Waals surface area contributed by atoms with Gasteiger partial charge in [0.25, 0.3) is 0 Å². The van der Waals surface area contributed by atoms with Crippen LogP contribution in [0, 0.1) is 6.92 Å². The summed E-state index contributed by atoms with van der Waals surface area (Å²) in [6.45, 7) is 6.02. The largest absolute Gasteiger partial charge is 0.457 e. The van der Waals surface area contributed by atoms with Crippen LogP contribution in [0.3, 0.4) is 0 Å². The van der Waals surface area contributed by atoms with Crippen LogP contribution in [0.4, 0.5) is 0 Å². The maximum atomic E-state index is 5.74. The molecule has 0 aliphatic heterocycles. The number of ether oxygens (including phenoxy) is 1. The van der Waals surface area contributed by atoms with Gasteiger partial charge in [0.15, 0.2) is 0 Å². The molecule has 0 amide bonds. The van der Waals surface area contributed by atoms with Gasteiger partial charge >= 0.3 is 0 Å². The van der Waals surface area contributed by atoms with Gasteiger partial charge in [-0.2, -0.15) is 0 Å². The van der Waals surface area contributed by atoms with Crippen LogP contribution < -0.4 is 4.74 Å². The molecule has 1 rings (SSSR count). The van der Waals surface area contributed by atoms with Crippen LogP contribution in [0.25, 0.3) is 0 Å². The van der Waals surface area contributed by atoms with Crippen molar-refractivity contribution >= 4 is 0 Å². The van der Waals surface area contributed by atoms with Crippen LogP contribution in [0.1, 0.15) is 19.4 Å². The third-order valence-electron chi connectivity index (χ3n) is 2.04. The van der Waals surface area contributed by atoms with Crippen molar-refractivity contribution < 1.29 is 4.74 Å². The van der Waals surface area contributed by atoms with E-state index in [1.54, 1.807) is 0 Å². The topological polar surface area (TPSA) is 9.23 Å². The lowest BCUT2D eigenvalue weighted by Gasteiger charge is -2.06. The van der Waals surface area contributed by atoms with Crippen LogP contribution in [0.15, 0.2) is 60.4 Å². The molecule has 1 aromatic rings. The second-order valence-corrected chi connectivity index (χ2v) is 3.51. The molecule has 0 fully saturated rings. The van der Waals surface area contributed by atoms with E-state index < -0.39 is 0 Å². The molecule has 1 nitrogen and oxygen atoms in total. The fourth-order valence-corrected chi connectivity index (χ4v) is 1.22. The van der Waals surface area contributed by atoms with Crippen LogP contribution in [0.2, 0.25) is 0 Å². The number of benzene rings is 1. The van der Waals surface area contributed by atoms with Gasteiger partial charge in [-0.25, -0.2) is 0 Å². The highest BCUT2D eigenvalue weighted by Crippen LogP contribution is 2.15. The molecular formula is C15H18O. The Labute approximate surface area is 97.8 Å². The molecule has 0 atom stereocenters. The average Bonchev–Trinajstić information content (AvgIpc) is 2.29. The van der Waals surface area contributed by atoms with E-state index in [0.717, 1.165) is 11.5 Å². The molecule has 0 bridgehead atoms. The van der Waals surface area contributed by atoms with Gasteiger partial charge in [0.05, 0.1) is 0 Å². The SMILES string of the molecule is C/C=C/C=C(\C=C\C)Oc1ccc(C)cc1. The van der Waals surface area contributed by atoms with Gasteiger partial charge in [0.1, 0.15) is 11.5 Å². The third kappa shape index (κ3) is 4.18. The molecule has 16 heavy (non-hydrogen) atoms. The summed E-state index contributed by atoms with van der Waals surface area (Å²) < 4.78 is 5.74. The number of hydrogen-bond donors (Lipinski definition) is 0. The first-order chi connectivity index (χ1) is 7.76. The van der Waals surface area contributed by atoms with Crippen LogP contribution in [-0.4, -0.2) is 0 Å². The van der Waals surface area contributed by atoms with Crippen molar-refractivity contribution in [2.45, 2.75) is 20.8 Å². The normalized spacial score (nSPS) is 12.6. The molecule has 84 valence electrons. The van der Waals surface area contributed by atoms with Crippen molar-refractivity contribution in [3.63, 3.8) is 0 Å². The van der Waals surface area contributed by atoms with Crippen molar-refractivity contribution in [2.24, 2.45) is 0 Å². The smallest absolute Gasteiger partial charge is 0.127 e. The van der Waals surface area contributed by atoms with E-state index >= 15 is 0 Å². The molecule has 0 aromatic heterocycles. The number of aryl methyl sites for hydroxylation is 1. The predicted molar refractivity (Wildman–Crippen MR) is 69.5 cm³/mol. The highest BCUT2D eigenvalue weighted by molar-refractivity contribution is 5.30. The Morgan fingerprint density at radius 3 is 2.31 bits per heavy atom. The Bertz CT molecular complexity index is 394. The van der Waals surface area contributed by atoms with Crippen molar-refractivity contribution in [3.8, 4) is 5.75 Å². The summed E-state index contributed by atoms with van der Waals surface area (Å²) >= 11 is 0. The molecule has 0 saturated carbocycles. The van der Waals surface area contributed by atoms with Gasteiger partial charge in [-0.3, -0.25) is 0 Å². The Morgan fingerprint density at radius 2 is 1.75 bits per heavy atom. The molecule has 0 aliphatic carbocycles. The van der Waals surface area contributed by atoms with Gasteiger partial charge in [0.2, 0.25) is 0 Å². The van der Waals surface area contributed by atoms with E-state index in [-0.39, 0.29) is 0 Å². The highest BCUT2D eigenvalue weighted by atomic mass is 16.5. The first-order valence-electron chi connectivity index (χ1n) is 5.46. The Kier molecular flexibility index (Phi) is 5.13. The lowest BCUT2D eigenvalue weighted by molar-refractivity contribution is 0.444. The summed E-state index contributed by atoms with van der Waals surface area (Å²) in [6.07, 6.45) is 9.79.